The molecule has 80 valence electrons. The maximum atomic E-state index is 5.78. The van der Waals surface area contributed by atoms with E-state index < -0.39 is 0 Å². The Hall–Kier alpha value is -0.401. The van der Waals surface area contributed by atoms with Gasteiger partial charge in [-0.05, 0) is 0 Å². The second kappa shape index (κ2) is 6.15. The third kappa shape index (κ3) is 3.39. The number of nitrogen functional groups attached to an aromatic ring is 1. The predicted octanol–water partition coefficient (Wildman–Crippen LogP) is 2.10. The van der Waals surface area contributed by atoms with Crippen molar-refractivity contribution < 1.29 is 0 Å². The van der Waals surface area contributed by atoms with E-state index in [0.29, 0.717) is 15.0 Å². The summed E-state index contributed by atoms with van der Waals surface area (Å²) in [5.74, 6) is 0.837. The summed E-state index contributed by atoms with van der Waals surface area (Å²) >= 11 is 0.593. The first-order valence-electron chi connectivity index (χ1n) is 5.38. The Labute approximate surface area is 92.8 Å². The molecular weight excluding hydrogens is 239 g/mol. The number of anilines is 1. The normalized spacial score (nSPS) is 10.7. The van der Waals surface area contributed by atoms with Gasteiger partial charge in [-0.15, -0.1) is 0 Å². The summed E-state index contributed by atoms with van der Waals surface area (Å²) in [6.45, 7) is 4.46. The van der Waals surface area contributed by atoms with E-state index in [4.69, 9.17) is 5.73 Å². The summed E-state index contributed by atoms with van der Waals surface area (Å²) < 4.78 is 1.42. The van der Waals surface area contributed by atoms with E-state index in [-0.39, 0.29) is 0 Å². The molecule has 1 heterocycles. The SMILES string of the molecule is CCCCc1cc(N)[nH]c1[Se]CCC. The van der Waals surface area contributed by atoms with Gasteiger partial charge < -0.3 is 0 Å². The molecule has 0 amide bonds. The first kappa shape index (κ1) is 11.7. The number of hydrogen-bond acceptors (Lipinski definition) is 1. The topological polar surface area (TPSA) is 41.8 Å². The van der Waals surface area contributed by atoms with Crippen molar-refractivity contribution in [1.29, 1.82) is 0 Å². The van der Waals surface area contributed by atoms with Gasteiger partial charge in [0.25, 0.3) is 0 Å². The number of nitrogens with one attached hydrogen (secondary N) is 1. The molecule has 0 unspecified atom stereocenters. The molecule has 0 saturated heterocycles. The van der Waals surface area contributed by atoms with Crippen molar-refractivity contribution >= 4 is 25.4 Å². The molecule has 0 aliphatic heterocycles. The number of H-pyrrole nitrogens is 1. The van der Waals surface area contributed by atoms with Crippen molar-refractivity contribution in [3.63, 3.8) is 0 Å². The molecule has 3 heteroatoms. The van der Waals surface area contributed by atoms with E-state index in [0.717, 1.165) is 5.82 Å². The molecule has 0 aromatic carbocycles. The van der Waals surface area contributed by atoms with Gasteiger partial charge in [-0.2, -0.15) is 0 Å². The van der Waals surface area contributed by atoms with Crippen LogP contribution in [0.25, 0.3) is 0 Å². The third-order valence-electron chi connectivity index (χ3n) is 2.13. The van der Waals surface area contributed by atoms with E-state index in [2.05, 4.69) is 24.9 Å². The second-order valence-corrected chi connectivity index (χ2v) is 5.85. The summed E-state index contributed by atoms with van der Waals surface area (Å²) in [5, 5.41) is 1.31. The van der Waals surface area contributed by atoms with Crippen LogP contribution in [-0.2, 0) is 6.42 Å². The Morgan fingerprint density at radius 3 is 2.79 bits per heavy atom. The summed E-state index contributed by atoms with van der Waals surface area (Å²) in [6.07, 6.45) is 4.98. The number of rotatable bonds is 6. The molecule has 0 radical (unpaired) electrons. The fourth-order valence-electron chi connectivity index (χ4n) is 1.39. The van der Waals surface area contributed by atoms with Gasteiger partial charge in [0.15, 0.2) is 0 Å². The molecule has 0 aliphatic rings. The van der Waals surface area contributed by atoms with E-state index in [1.165, 1.54) is 41.2 Å². The van der Waals surface area contributed by atoms with Gasteiger partial charge >= 0.3 is 92.6 Å². The van der Waals surface area contributed by atoms with Crippen molar-refractivity contribution in [3.8, 4) is 0 Å². The fourth-order valence-corrected chi connectivity index (χ4v) is 3.37. The molecule has 0 atom stereocenters. The third-order valence-corrected chi connectivity index (χ3v) is 4.78. The maximum absolute atomic E-state index is 5.78. The molecular formula is C11H20N2Se. The zero-order valence-electron chi connectivity index (χ0n) is 9.10. The minimum atomic E-state index is 0.593. The minimum absolute atomic E-state index is 0.593. The van der Waals surface area contributed by atoms with Crippen molar-refractivity contribution in [2.24, 2.45) is 0 Å². The number of aromatic nitrogens is 1. The molecule has 0 saturated carbocycles. The van der Waals surface area contributed by atoms with Crippen LogP contribution in [-0.4, -0.2) is 19.9 Å². The average Bonchev–Trinajstić information content (AvgIpc) is 2.52. The van der Waals surface area contributed by atoms with Gasteiger partial charge in [-0.1, -0.05) is 0 Å². The van der Waals surface area contributed by atoms with Gasteiger partial charge in [-0.25, -0.2) is 0 Å². The van der Waals surface area contributed by atoms with Crippen molar-refractivity contribution in [3.05, 3.63) is 11.6 Å². The van der Waals surface area contributed by atoms with Gasteiger partial charge in [0.05, 0.1) is 0 Å². The quantitative estimate of drug-likeness (QED) is 0.755. The molecule has 1 aromatic rings. The van der Waals surface area contributed by atoms with Crippen molar-refractivity contribution in [1.82, 2.24) is 4.98 Å². The van der Waals surface area contributed by atoms with Crippen LogP contribution in [0.15, 0.2) is 6.07 Å². The zero-order valence-corrected chi connectivity index (χ0v) is 10.8. The second-order valence-electron chi connectivity index (χ2n) is 3.53. The first-order chi connectivity index (χ1) is 6.77. The predicted molar refractivity (Wildman–Crippen MR) is 64.3 cm³/mol. The van der Waals surface area contributed by atoms with E-state index in [1.54, 1.807) is 0 Å². The monoisotopic (exact) mass is 260 g/mol. The van der Waals surface area contributed by atoms with Gasteiger partial charge in [0.1, 0.15) is 0 Å². The van der Waals surface area contributed by atoms with Gasteiger partial charge in [-0.3, -0.25) is 0 Å². The summed E-state index contributed by atoms with van der Waals surface area (Å²) in [7, 11) is 0. The molecule has 0 spiro atoms. The van der Waals surface area contributed by atoms with E-state index in [1.807, 2.05) is 0 Å². The Morgan fingerprint density at radius 1 is 1.36 bits per heavy atom. The van der Waals surface area contributed by atoms with Crippen LogP contribution >= 0.6 is 0 Å². The van der Waals surface area contributed by atoms with Crippen LogP contribution in [0.5, 0.6) is 0 Å². The molecule has 0 aliphatic carbocycles. The molecule has 1 rings (SSSR count). The zero-order chi connectivity index (χ0) is 10.4. The van der Waals surface area contributed by atoms with E-state index >= 15 is 0 Å². The van der Waals surface area contributed by atoms with Gasteiger partial charge in [0.2, 0.25) is 0 Å². The molecule has 0 bridgehead atoms. The Morgan fingerprint density at radius 2 is 2.14 bits per heavy atom. The number of aromatic amines is 1. The summed E-state index contributed by atoms with van der Waals surface area (Å²) in [6, 6.07) is 2.11. The summed E-state index contributed by atoms with van der Waals surface area (Å²) in [5.41, 5.74) is 7.23. The molecule has 1 aromatic heterocycles. The van der Waals surface area contributed by atoms with Crippen LogP contribution in [0, 0.1) is 0 Å². The standard InChI is InChI=1S/C11H20N2Se/c1-3-5-6-9-8-10(12)13-11(9)14-7-4-2/h8,13H,3-7,12H2,1-2H3. The number of hydrogen-bond donors (Lipinski definition) is 2. The van der Waals surface area contributed by atoms with Crippen LogP contribution in [0.1, 0.15) is 38.7 Å². The first-order valence-corrected chi connectivity index (χ1v) is 7.44. The number of unbranched alkanes of at least 4 members (excludes halogenated alkanes) is 1. The van der Waals surface area contributed by atoms with Crippen molar-refractivity contribution in [2.45, 2.75) is 44.9 Å². The Balaban J connectivity index is 2.60. The Kier molecular flexibility index (Phi) is 5.13. The van der Waals surface area contributed by atoms with Crippen molar-refractivity contribution in [2.75, 3.05) is 5.73 Å². The molecule has 3 N–H and O–H groups in total. The van der Waals surface area contributed by atoms with Crippen LogP contribution in [0.4, 0.5) is 5.82 Å². The van der Waals surface area contributed by atoms with E-state index in [9.17, 15) is 0 Å². The van der Waals surface area contributed by atoms with Crippen LogP contribution in [0.3, 0.4) is 0 Å². The average molecular weight is 259 g/mol. The summed E-state index contributed by atoms with van der Waals surface area (Å²) in [4.78, 5) is 3.29. The Bertz CT molecular complexity index is 243. The van der Waals surface area contributed by atoms with Gasteiger partial charge in [0, 0.05) is 0 Å². The van der Waals surface area contributed by atoms with Crippen LogP contribution in [0.2, 0.25) is 5.32 Å². The van der Waals surface area contributed by atoms with Crippen LogP contribution < -0.4 is 10.3 Å². The fraction of sp³-hybridized carbons (Fsp3) is 0.636. The number of aryl methyl sites for hydroxylation is 1. The molecule has 2 nitrogen and oxygen atoms in total. The molecule has 14 heavy (non-hydrogen) atoms. The number of nitrogens with two attached hydrogens (primary N) is 1. The molecule has 0 fully saturated rings.